The van der Waals surface area contributed by atoms with Crippen molar-refractivity contribution >= 4 is 0 Å². The van der Waals surface area contributed by atoms with Crippen molar-refractivity contribution in [2.24, 2.45) is 0 Å². The summed E-state index contributed by atoms with van der Waals surface area (Å²) in [7, 11) is 0. The Morgan fingerprint density at radius 1 is 1.20 bits per heavy atom. The molecule has 0 radical (unpaired) electrons. The average Bonchev–Trinajstić information content (AvgIpc) is 2.25. The number of rotatable bonds is 1. The molecule has 0 fully saturated rings. The van der Waals surface area contributed by atoms with E-state index in [1.807, 2.05) is 18.2 Å². The first kappa shape index (κ1) is 9.65. The molecule has 0 atom stereocenters. The van der Waals surface area contributed by atoms with E-state index in [1.165, 1.54) is 12.3 Å². The van der Waals surface area contributed by atoms with E-state index < -0.39 is 0 Å². The van der Waals surface area contributed by atoms with Gasteiger partial charge in [-0.3, -0.25) is 5.21 Å². The Kier molecular flexibility index (Phi) is 2.37. The van der Waals surface area contributed by atoms with Crippen molar-refractivity contribution in [3.8, 4) is 11.1 Å². The number of halogens is 1. The zero-order valence-electron chi connectivity index (χ0n) is 8.31. The van der Waals surface area contributed by atoms with Gasteiger partial charge in [0.1, 0.15) is 5.82 Å². The van der Waals surface area contributed by atoms with Crippen molar-refractivity contribution in [3.05, 3.63) is 54.1 Å². The SMILES string of the molecule is Cc1cc(F)c(-c2ccccc2)c[n+]1O. The molecule has 1 aromatic heterocycles. The van der Waals surface area contributed by atoms with Crippen molar-refractivity contribution in [1.82, 2.24) is 0 Å². The quantitative estimate of drug-likeness (QED) is 0.559. The summed E-state index contributed by atoms with van der Waals surface area (Å²) in [6.45, 7) is 1.64. The van der Waals surface area contributed by atoms with E-state index in [9.17, 15) is 9.60 Å². The van der Waals surface area contributed by atoms with E-state index >= 15 is 0 Å². The number of hydrogen-bond donors (Lipinski definition) is 1. The molecule has 2 nitrogen and oxygen atoms in total. The molecule has 3 heteroatoms. The Hall–Kier alpha value is -1.90. The van der Waals surface area contributed by atoms with Gasteiger partial charge in [-0.05, 0) is 5.56 Å². The largest absolute Gasteiger partial charge is 0.285 e. The molecule has 76 valence electrons. The van der Waals surface area contributed by atoms with Crippen LogP contribution in [0.1, 0.15) is 5.69 Å². The first-order valence-corrected chi connectivity index (χ1v) is 4.65. The number of nitrogens with zero attached hydrogens (tertiary/aromatic N) is 1. The van der Waals surface area contributed by atoms with Crippen LogP contribution >= 0.6 is 0 Å². The molecular weight excluding hydrogens is 193 g/mol. The van der Waals surface area contributed by atoms with Crippen LogP contribution in [-0.4, -0.2) is 5.21 Å². The van der Waals surface area contributed by atoms with Gasteiger partial charge in [0.25, 0.3) is 0 Å². The fourth-order valence-electron chi connectivity index (χ4n) is 1.44. The lowest BCUT2D eigenvalue weighted by molar-refractivity contribution is -0.908. The minimum Gasteiger partial charge on any atom is -0.285 e. The number of benzene rings is 1. The Labute approximate surface area is 87.2 Å². The van der Waals surface area contributed by atoms with Crippen LogP contribution in [0.2, 0.25) is 0 Å². The van der Waals surface area contributed by atoms with Crippen LogP contribution in [0.15, 0.2) is 42.6 Å². The van der Waals surface area contributed by atoms with Crippen molar-refractivity contribution in [2.75, 3.05) is 0 Å². The molecule has 0 aliphatic carbocycles. The van der Waals surface area contributed by atoms with Gasteiger partial charge in [-0.1, -0.05) is 30.3 Å². The van der Waals surface area contributed by atoms with E-state index in [4.69, 9.17) is 0 Å². The van der Waals surface area contributed by atoms with Gasteiger partial charge in [0, 0.05) is 17.7 Å². The Balaban J connectivity index is 2.59. The van der Waals surface area contributed by atoms with Gasteiger partial charge >= 0.3 is 0 Å². The number of aryl methyl sites for hydroxylation is 1. The zero-order valence-corrected chi connectivity index (χ0v) is 8.31. The Morgan fingerprint density at radius 3 is 2.53 bits per heavy atom. The molecular formula is C12H11FNO+. The molecule has 0 bridgehead atoms. The highest BCUT2D eigenvalue weighted by Gasteiger charge is 2.14. The zero-order chi connectivity index (χ0) is 10.8. The van der Waals surface area contributed by atoms with Crippen LogP contribution in [0.5, 0.6) is 0 Å². The number of pyridine rings is 1. The van der Waals surface area contributed by atoms with Crippen molar-refractivity contribution < 1.29 is 14.3 Å². The molecule has 0 unspecified atom stereocenters. The second-order valence-corrected chi connectivity index (χ2v) is 3.39. The normalized spacial score (nSPS) is 10.3. The Morgan fingerprint density at radius 2 is 1.87 bits per heavy atom. The smallest absolute Gasteiger partial charge is 0.234 e. The van der Waals surface area contributed by atoms with Crippen LogP contribution in [0.25, 0.3) is 11.1 Å². The molecule has 2 aromatic rings. The first-order chi connectivity index (χ1) is 7.18. The highest BCUT2D eigenvalue weighted by atomic mass is 19.1. The molecule has 0 spiro atoms. The molecule has 0 aliphatic heterocycles. The third-order valence-corrected chi connectivity index (χ3v) is 2.29. The molecule has 1 heterocycles. The van der Waals surface area contributed by atoms with Crippen LogP contribution in [-0.2, 0) is 0 Å². The molecule has 1 N–H and O–H groups in total. The minimum absolute atomic E-state index is 0.330. The third kappa shape index (κ3) is 1.81. The molecule has 0 saturated heterocycles. The van der Waals surface area contributed by atoms with E-state index in [-0.39, 0.29) is 5.82 Å². The fraction of sp³-hybridized carbons (Fsp3) is 0.0833. The van der Waals surface area contributed by atoms with E-state index in [2.05, 4.69) is 0 Å². The summed E-state index contributed by atoms with van der Waals surface area (Å²) >= 11 is 0. The molecule has 1 aromatic carbocycles. The third-order valence-electron chi connectivity index (χ3n) is 2.29. The van der Waals surface area contributed by atoms with Crippen molar-refractivity contribution in [3.63, 3.8) is 0 Å². The van der Waals surface area contributed by atoms with Gasteiger partial charge in [0.15, 0.2) is 0 Å². The molecule has 15 heavy (non-hydrogen) atoms. The summed E-state index contributed by atoms with van der Waals surface area (Å²) in [5.74, 6) is -0.330. The van der Waals surface area contributed by atoms with E-state index in [0.717, 1.165) is 10.3 Å². The first-order valence-electron chi connectivity index (χ1n) is 4.65. The maximum Gasteiger partial charge on any atom is 0.234 e. The summed E-state index contributed by atoms with van der Waals surface area (Å²) in [5, 5.41) is 9.44. The fourth-order valence-corrected chi connectivity index (χ4v) is 1.44. The second-order valence-electron chi connectivity index (χ2n) is 3.39. The van der Waals surface area contributed by atoms with Crippen LogP contribution in [0.4, 0.5) is 4.39 Å². The predicted molar refractivity (Wildman–Crippen MR) is 54.0 cm³/mol. The predicted octanol–water partition coefficient (Wildman–Crippen LogP) is 2.33. The summed E-state index contributed by atoms with van der Waals surface area (Å²) in [5.41, 5.74) is 1.61. The van der Waals surface area contributed by atoms with Crippen molar-refractivity contribution in [2.45, 2.75) is 6.92 Å². The van der Waals surface area contributed by atoms with Gasteiger partial charge in [-0.2, -0.15) is 0 Å². The van der Waals surface area contributed by atoms with Crippen LogP contribution in [0.3, 0.4) is 0 Å². The molecule has 0 saturated carbocycles. The average molecular weight is 204 g/mol. The monoisotopic (exact) mass is 204 g/mol. The summed E-state index contributed by atoms with van der Waals surface area (Å²) in [6.07, 6.45) is 1.38. The van der Waals surface area contributed by atoms with Gasteiger partial charge in [0.2, 0.25) is 11.9 Å². The van der Waals surface area contributed by atoms with Crippen LogP contribution in [0, 0.1) is 12.7 Å². The summed E-state index contributed by atoms with van der Waals surface area (Å²) in [4.78, 5) is 0. The van der Waals surface area contributed by atoms with Gasteiger partial charge in [-0.15, -0.1) is 0 Å². The lowest BCUT2D eigenvalue weighted by Crippen LogP contribution is -2.33. The van der Waals surface area contributed by atoms with Gasteiger partial charge in [-0.25, -0.2) is 4.39 Å². The molecule has 0 amide bonds. The lowest BCUT2D eigenvalue weighted by Gasteiger charge is -2.00. The topological polar surface area (TPSA) is 24.1 Å². The summed E-state index contributed by atoms with van der Waals surface area (Å²) < 4.78 is 14.5. The highest BCUT2D eigenvalue weighted by molar-refractivity contribution is 5.62. The second kappa shape index (κ2) is 3.69. The molecule has 0 aliphatic rings. The maximum absolute atomic E-state index is 13.6. The number of hydrogen-bond acceptors (Lipinski definition) is 1. The lowest BCUT2D eigenvalue weighted by atomic mass is 10.1. The van der Waals surface area contributed by atoms with E-state index in [1.54, 1.807) is 19.1 Å². The molecule has 2 rings (SSSR count). The number of aromatic nitrogens is 1. The highest BCUT2D eigenvalue weighted by Crippen LogP contribution is 2.20. The maximum atomic E-state index is 13.6. The van der Waals surface area contributed by atoms with E-state index in [0.29, 0.717) is 11.3 Å². The standard InChI is InChI=1S/C12H11FNO/c1-9-7-12(13)11(8-14(9)15)10-5-3-2-4-6-10/h2-8,15H,1H3/q+1. The van der Waals surface area contributed by atoms with Crippen molar-refractivity contribution in [1.29, 1.82) is 0 Å². The van der Waals surface area contributed by atoms with Gasteiger partial charge < -0.3 is 0 Å². The Bertz CT molecular complexity index is 482. The minimum atomic E-state index is -0.330. The summed E-state index contributed by atoms with van der Waals surface area (Å²) in [6, 6.07) is 10.4. The van der Waals surface area contributed by atoms with Gasteiger partial charge in [0.05, 0.1) is 5.56 Å². The van der Waals surface area contributed by atoms with Crippen LogP contribution < -0.4 is 4.73 Å².